The Morgan fingerprint density at radius 1 is 1.33 bits per heavy atom. The number of halogens is 1. The van der Waals surface area contributed by atoms with E-state index in [2.05, 4.69) is 9.55 Å². The van der Waals surface area contributed by atoms with Gasteiger partial charge in [-0.15, -0.1) is 0 Å². The second-order valence-corrected chi connectivity index (χ2v) is 5.12. The first kappa shape index (κ1) is 11.8. The largest absolute Gasteiger partial charge is 0.394 e. The third-order valence-electron chi connectivity index (χ3n) is 3.52. The molecule has 18 heavy (non-hydrogen) atoms. The summed E-state index contributed by atoms with van der Waals surface area (Å²) in [7, 11) is 0. The van der Waals surface area contributed by atoms with Crippen molar-refractivity contribution in [3.8, 4) is 11.4 Å². The zero-order chi connectivity index (χ0) is 12.5. The predicted octanol–water partition coefficient (Wildman–Crippen LogP) is 3.07. The summed E-state index contributed by atoms with van der Waals surface area (Å²) < 4.78 is 2.17. The van der Waals surface area contributed by atoms with Crippen LogP contribution in [-0.2, 0) is 6.42 Å². The summed E-state index contributed by atoms with van der Waals surface area (Å²) in [4.78, 5) is 4.50. The number of benzene rings is 1. The zero-order valence-corrected chi connectivity index (χ0v) is 10.8. The first-order valence-electron chi connectivity index (χ1n) is 6.22. The van der Waals surface area contributed by atoms with Gasteiger partial charge in [0.15, 0.2) is 0 Å². The lowest BCUT2D eigenvalue weighted by Crippen LogP contribution is -2.21. The first-order valence-corrected chi connectivity index (χ1v) is 6.60. The Morgan fingerprint density at radius 3 is 2.83 bits per heavy atom. The highest BCUT2D eigenvalue weighted by Gasteiger charge is 2.23. The normalized spacial score (nSPS) is 18.7. The van der Waals surface area contributed by atoms with Gasteiger partial charge in [-0.25, -0.2) is 4.98 Å². The minimum absolute atomic E-state index is 0.155. The highest BCUT2D eigenvalue weighted by atomic mass is 35.5. The molecule has 1 aliphatic rings. The molecule has 1 N–H and O–H groups in total. The second kappa shape index (κ2) is 4.75. The molecular weight excluding hydrogens is 248 g/mol. The lowest BCUT2D eigenvalue weighted by atomic mass is 10.0. The molecule has 0 fully saturated rings. The lowest BCUT2D eigenvalue weighted by Gasteiger charge is -2.25. The summed E-state index contributed by atoms with van der Waals surface area (Å²) in [5.74, 6) is 0.931. The van der Waals surface area contributed by atoms with Gasteiger partial charge in [0.25, 0.3) is 0 Å². The van der Waals surface area contributed by atoms with Crippen molar-refractivity contribution in [3.63, 3.8) is 0 Å². The lowest BCUT2D eigenvalue weighted by molar-refractivity contribution is 0.208. The molecule has 1 atom stereocenters. The summed E-state index contributed by atoms with van der Waals surface area (Å²) in [6.07, 6.45) is 5.10. The van der Waals surface area contributed by atoms with Crippen molar-refractivity contribution in [3.05, 3.63) is 41.2 Å². The van der Waals surface area contributed by atoms with Crippen molar-refractivity contribution in [2.75, 3.05) is 6.61 Å². The maximum Gasteiger partial charge on any atom is 0.140 e. The van der Waals surface area contributed by atoms with Crippen LogP contribution in [0.4, 0.5) is 0 Å². The molecule has 0 aliphatic carbocycles. The van der Waals surface area contributed by atoms with Crippen LogP contribution in [-0.4, -0.2) is 21.3 Å². The van der Waals surface area contributed by atoms with Gasteiger partial charge < -0.3 is 9.67 Å². The van der Waals surface area contributed by atoms with Gasteiger partial charge in [0, 0.05) is 22.5 Å². The molecule has 0 bridgehead atoms. The Bertz CT molecular complexity index is 547. The predicted molar refractivity (Wildman–Crippen MR) is 71.7 cm³/mol. The SMILES string of the molecule is OCC1CCCc2cnc(-c3ccc(Cl)cc3)n21. The third-order valence-corrected chi connectivity index (χ3v) is 3.77. The van der Waals surface area contributed by atoms with E-state index in [-0.39, 0.29) is 12.6 Å². The zero-order valence-electron chi connectivity index (χ0n) is 10.0. The molecule has 1 unspecified atom stereocenters. The van der Waals surface area contributed by atoms with Crippen molar-refractivity contribution in [1.29, 1.82) is 0 Å². The smallest absolute Gasteiger partial charge is 0.140 e. The highest BCUT2D eigenvalue weighted by Crippen LogP contribution is 2.31. The van der Waals surface area contributed by atoms with Crippen LogP contribution in [0.5, 0.6) is 0 Å². The molecule has 1 aliphatic heterocycles. The van der Waals surface area contributed by atoms with Gasteiger partial charge in [0.1, 0.15) is 5.82 Å². The maximum absolute atomic E-state index is 9.50. The van der Waals surface area contributed by atoms with Crippen LogP contribution in [0.15, 0.2) is 30.5 Å². The number of aliphatic hydroxyl groups is 1. The van der Waals surface area contributed by atoms with Crippen molar-refractivity contribution in [2.24, 2.45) is 0 Å². The van der Waals surface area contributed by atoms with Crippen molar-refractivity contribution in [2.45, 2.75) is 25.3 Å². The molecule has 1 aromatic carbocycles. The van der Waals surface area contributed by atoms with Crippen LogP contribution in [0.25, 0.3) is 11.4 Å². The van der Waals surface area contributed by atoms with E-state index < -0.39 is 0 Å². The number of aryl methyl sites for hydroxylation is 1. The minimum atomic E-state index is 0.155. The summed E-state index contributed by atoms with van der Waals surface area (Å²) in [6.45, 7) is 0.171. The summed E-state index contributed by atoms with van der Waals surface area (Å²) in [5.41, 5.74) is 2.26. The van der Waals surface area contributed by atoms with E-state index in [0.29, 0.717) is 0 Å². The van der Waals surface area contributed by atoms with Crippen LogP contribution in [0.1, 0.15) is 24.6 Å². The Balaban J connectivity index is 2.08. The number of aromatic nitrogens is 2. The number of nitrogens with zero attached hydrogens (tertiary/aromatic N) is 2. The van der Waals surface area contributed by atoms with Crippen LogP contribution >= 0.6 is 11.6 Å². The fourth-order valence-electron chi connectivity index (χ4n) is 2.62. The monoisotopic (exact) mass is 262 g/mol. The standard InChI is InChI=1S/C14H15ClN2O/c15-11-6-4-10(5-7-11)14-16-8-12-2-1-3-13(9-18)17(12)14/h4-8,13,18H,1-3,9H2. The molecule has 0 spiro atoms. The van der Waals surface area contributed by atoms with E-state index in [0.717, 1.165) is 35.7 Å². The molecule has 3 rings (SSSR count). The van der Waals surface area contributed by atoms with Gasteiger partial charge in [-0.1, -0.05) is 11.6 Å². The third kappa shape index (κ3) is 1.93. The number of hydrogen-bond donors (Lipinski definition) is 1. The molecule has 94 valence electrons. The van der Waals surface area contributed by atoms with Gasteiger partial charge in [0.2, 0.25) is 0 Å². The average Bonchev–Trinajstić information content (AvgIpc) is 2.83. The molecule has 0 radical (unpaired) electrons. The van der Waals surface area contributed by atoms with E-state index in [1.165, 1.54) is 5.69 Å². The molecular formula is C14H15ClN2O. The highest BCUT2D eigenvalue weighted by molar-refractivity contribution is 6.30. The van der Waals surface area contributed by atoms with Gasteiger partial charge in [-0.3, -0.25) is 0 Å². The van der Waals surface area contributed by atoms with Gasteiger partial charge >= 0.3 is 0 Å². The number of fused-ring (bicyclic) bond motifs is 1. The quantitative estimate of drug-likeness (QED) is 0.903. The van der Waals surface area contributed by atoms with E-state index in [9.17, 15) is 5.11 Å². The van der Waals surface area contributed by atoms with Crippen LogP contribution in [0.3, 0.4) is 0 Å². The Hall–Kier alpha value is -1.32. The van der Waals surface area contributed by atoms with Crippen molar-refractivity contribution >= 4 is 11.6 Å². The minimum Gasteiger partial charge on any atom is -0.394 e. The molecule has 1 aromatic heterocycles. The molecule has 0 amide bonds. The second-order valence-electron chi connectivity index (χ2n) is 4.68. The molecule has 3 nitrogen and oxygen atoms in total. The molecule has 0 saturated heterocycles. The number of imidazole rings is 1. The van der Waals surface area contributed by atoms with Gasteiger partial charge in [-0.2, -0.15) is 0 Å². The topological polar surface area (TPSA) is 38.1 Å². The Kier molecular flexibility index (Phi) is 3.10. The fraction of sp³-hybridized carbons (Fsp3) is 0.357. The van der Waals surface area contributed by atoms with Crippen LogP contribution < -0.4 is 0 Å². The fourth-order valence-corrected chi connectivity index (χ4v) is 2.75. The van der Waals surface area contributed by atoms with Crippen LogP contribution in [0, 0.1) is 0 Å². The molecule has 4 heteroatoms. The maximum atomic E-state index is 9.50. The number of hydrogen-bond acceptors (Lipinski definition) is 2. The Labute approximate surface area is 111 Å². The first-order chi connectivity index (χ1) is 8.79. The van der Waals surface area contributed by atoms with Crippen molar-refractivity contribution in [1.82, 2.24) is 9.55 Å². The van der Waals surface area contributed by atoms with Crippen LogP contribution in [0.2, 0.25) is 5.02 Å². The van der Waals surface area contributed by atoms with E-state index in [1.807, 2.05) is 30.5 Å². The number of aliphatic hydroxyl groups excluding tert-OH is 1. The number of rotatable bonds is 2. The van der Waals surface area contributed by atoms with Gasteiger partial charge in [0.05, 0.1) is 12.6 Å². The Morgan fingerprint density at radius 2 is 2.11 bits per heavy atom. The summed E-state index contributed by atoms with van der Waals surface area (Å²) >= 11 is 5.91. The van der Waals surface area contributed by atoms with E-state index in [1.54, 1.807) is 0 Å². The molecule has 0 saturated carbocycles. The average molecular weight is 263 g/mol. The van der Waals surface area contributed by atoms with E-state index >= 15 is 0 Å². The molecule has 2 aromatic rings. The summed E-state index contributed by atoms with van der Waals surface area (Å²) in [6, 6.07) is 7.84. The summed E-state index contributed by atoms with van der Waals surface area (Å²) in [5, 5.41) is 10.2. The van der Waals surface area contributed by atoms with E-state index in [4.69, 9.17) is 11.6 Å². The van der Waals surface area contributed by atoms with Gasteiger partial charge in [-0.05, 0) is 43.5 Å². The van der Waals surface area contributed by atoms with Crippen molar-refractivity contribution < 1.29 is 5.11 Å². The molecule has 2 heterocycles.